The fourth-order valence-corrected chi connectivity index (χ4v) is 12.5. The van der Waals surface area contributed by atoms with Crippen LogP contribution in [-0.2, 0) is 38.0 Å². The van der Waals surface area contributed by atoms with Crippen LogP contribution in [0.3, 0.4) is 0 Å². The Morgan fingerprint density at radius 1 is 0.745 bits per heavy atom. The molecular formula is C41H64O14. The van der Waals surface area contributed by atoms with E-state index >= 15 is 0 Å². The highest BCUT2D eigenvalue weighted by Gasteiger charge is 2.71. The van der Waals surface area contributed by atoms with E-state index in [4.69, 9.17) is 37.3 Å². The molecule has 0 spiro atoms. The summed E-state index contributed by atoms with van der Waals surface area (Å²) in [4.78, 5) is 12.3. The largest absolute Gasteiger partial charge is 0.458 e. The van der Waals surface area contributed by atoms with Gasteiger partial charge in [0.25, 0.3) is 0 Å². The predicted octanol–water partition coefficient (Wildman–Crippen LogP) is 2.22. The maximum Gasteiger partial charge on any atom is 0.331 e. The van der Waals surface area contributed by atoms with Gasteiger partial charge in [0.05, 0.1) is 58.5 Å². The lowest BCUT2D eigenvalue weighted by Gasteiger charge is -2.65. The zero-order chi connectivity index (χ0) is 41.9. The number of aliphatic hydroxyl groups is 6. The molecule has 0 amide bonds. The van der Waals surface area contributed by atoms with Crippen LogP contribution in [0.1, 0.15) is 109 Å². The van der Waals surface area contributed by atoms with Gasteiger partial charge in [0.1, 0.15) is 24.9 Å². The first-order chi connectivity index (χ1) is 27.2. The van der Waals surface area contributed by atoms with E-state index in [9.17, 15) is 35.4 Å². The number of ether oxygens (including phenoxy) is 7. The Morgan fingerprint density at radius 3 is 1.93 bits per heavy atom. The molecule has 4 saturated carbocycles. The summed E-state index contributed by atoms with van der Waals surface area (Å²) in [5, 5.41) is 67.1. The summed E-state index contributed by atoms with van der Waals surface area (Å²) in [7, 11) is 0. The summed E-state index contributed by atoms with van der Waals surface area (Å²) >= 11 is 0. The van der Waals surface area contributed by atoms with Crippen molar-refractivity contribution in [2.75, 3.05) is 6.56 Å². The molecule has 3 saturated heterocycles. The van der Waals surface area contributed by atoms with Gasteiger partial charge in [-0.2, -0.15) is 0 Å². The van der Waals surface area contributed by atoms with E-state index < -0.39 is 115 Å². The van der Waals surface area contributed by atoms with Crippen LogP contribution < -0.4 is 0 Å². The van der Waals surface area contributed by atoms with E-state index in [0.717, 1.165) is 32.1 Å². The zero-order valence-electron chi connectivity index (χ0n) is 35.6. The SMILES string of the molecule is [2H]C1=C(C2CCC3(O)C4CCC5CC(OC6CC(O)C(OC7CC(O)C(OC8CC(O)C(O)C(C)O8)C(C)O7)C(C)O6)CCC5(C)C4CC(O)C23C)C([2H])([2H])OC1=O. The number of hydrogen-bond acceptors (Lipinski definition) is 14. The third kappa shape index (κ3) is 6.95. The average molecular weight is 784 g/mol. The van der Waals surface area contributed by atoms with E-state index in [1.165, 1.54) is 0 Å². The first-order valence-corrected chi connectivity index (χ1v) is 20.7. The summed E-state index contributed by atoms with van der Waals surface area (Å²) in [5.74, 6) is -1.57. The third-order valence-electron chi connectivity index (χ3n) is 15.7. The molecule has 0 aromatic rings. The molecule has 8 rings (SSSR count). The van der Waals surface area contributed by atoms with E-state index in [1.54, 1.807) is 13.8 Å². The van der Waals surface area contributed by atoms with E-state index in [0.29, 0.717) is 19.3 Å². The molecule has 55 heavy (non-hydrogen) atoms. The lowest BCUT2D eigenvalue weighted by Crippen LogP contribution is -2.67. The monoisotopic (exact) mass is 783 g/mol. The molecule has 0 aromatic heterocycles. The van der Waals surface area contributed by atoms with Gasteiger partial charge in [-0.15, -0.1) is 0 Å². The second kappa shape index (κ2) is 15.1. The van der Waals surface area contributed by atoms with Crippen LogP contribution in [0.2, 0.25) is 0 Å². The van der Waals surface area contributed by atoms with Crippen LogP contribution in [0.5, 0.6) is 0 Å². The summed E-state index contributed by atoms with van der Waals surface area (Å²) in [6.07, 6.45) is -5.23. The highest BCUT2D eigenvalue weighted by atomic mass is 16.7. The first-order valence-electron chi connectivity index (χ1n) is 22.2. The highest BCUT2D eigenvalue weighted by Crippen LogP contribution is 2.70. The van der Waals surface area contributed by atoms with Gasteiger partial charge in [-0.05, 0) is 107 Å². The molecule has 14 nitrogen and oxygen atoms in total. The molecule has 8 aliphatic rings. The number of hydrogen-bond donors (Lipinski definition) is 6. The number of carbonyl (C=O) groups is 1. The van der Waals surface area contributed by atoms with Crippen molar-refractivity contribution >= 4 is 5.97 Å². The highest BCUT2D eigenvalue weighted by molar-refractivity contribution is 5.85. The molecule has 312 valence electrons. The molecule has 0 radical (unpaired) electrons. The summed E-state index contributed by atoms with van der Waals surface area (Å²) in [6.45, 7) is 6.83. The van der Waals surface area contributed by atoms with Gasteiger partial charge in [0, 0.05) is 30.7 Å². The van der Waals surface area contributed by atoms with Gasteiger partial charge in [-0.3, -0.25) is 0 Å². The number of esters is 1. The molecule has 4 heterocycles. The molecule has 21 unspecified atom stereocenters. The third-order valence-corrected chi connectivity index (χ3v) is 15.7. The maximum absolute atomic E-state index is 12.6. The first kappa shape index (κ1) is 36.8. The topological polar surface area (TPSA) is 203 Å². The molecule has 0 bridgehead atoms. The normalized spacial score (nSPS) is 57.4. The Kier molecular flexibility index (Phi) is 10.1. The average Bonchev–Trinajstić information content (AvgIpc) is 3.53. The Bertz CT molecular complexity index is 1550. The van der Waals surface area contributed by atoms with E-state index in [1.807, 2.05) is 13.8 Å². The number of cyclic esters (lactones) is 1. The van der Waals surface area contributed by atoms with Crippen molar-refractivity contribution < 1.29 is 72.7 Å². The molecule has 7 fully saturated rings. The maximum atomic E-state index is 12.6. The second-order valence-electron chi connectivity index (χ2n) is 18.5. The smallest absolute Gasteiger partial charge is 0.331 e. The van der Waals surface area contributed by atoms with Crippen LogP contribution >= 0.6 is 0 Å². The molecule has 6 N–H and O–H groups in total. The molecular weight excluding hydrogens is 716 g/mol. The minimum absolute atomic E-state index is 0.0173. The fraction of sp³-hybridized carbons (Fsp3) is 0.927. The van der Waals surface area contributed by atoms with Crippen molar-refractivity contribution in [3.8, 4) is 0 Å². The lowest BCUT2D eigenvalue weighted by atomic mass is 9.42. The lowest BCUT2D eigenvalue weighted by molar-refractivity contribution is -0.336. The molecule has 4 aliphatic carbocycles. The molecule has 14 heteroatoms. The molecule has 21 atom stereocenters. The number of carbonyl (C=O) groups excluding carboxylic acids is 1. The van der Waals surface area contributed by atoms with Crippen molar-refractivity contribution in [2.45, 2.75) is 197 Å². The van der Waals surface area contributed by atoms with Crippen molar-refractivity contribution in [1.29, 1.82) is 0 Å². The van der Waals surface area contributed by atoms with Crippen LogP contribution in [0.25, 0.3) is 0 Å². The number of aliphatic hydroxyl groups excluding tert-OH is 5. The van der Waals surface area contributed by atoms with Gasteiger partial charge < -0.3 is 63.8 Å². The van der Waals surface area contributed by atoms with Crippen LogP contribution in [0, 0.1) is 34.5 Å². The minimum Gasteiger partial charge on any atom is -0.458 e. The van der Waals surface area contributed by atoms with Gasteiger partial charge in [0.15, 0.2) is 18.9 Å². The standard InChI is InChI=1S/C41H64O14/c1-19-36(47)28(42)15-34(50-19)54-38-21(3)52-35(17-30(38)44)55-37-20(2)51-33(16-29(37)43)53-24-8-10-39(4)23(13-24)6-7-26-27(39)14-31(45)40(5)25(9-11-41(26,40)48)22-12-32(46)49-18-22/h12,19-21,23-31,33-38,42-45,47-48H,6-11,13-18H2,1-5H3/i12D,18D2. The zero-order valence-corrected chi connectivity index (χ0v) is 32.6. The summed E-state index contributed by atoms with van der Waals surface area (Å²) in [6, 6.07) is -0.505. The van der Waals surface area contributed by atoms with Crippen molar-refractivity contribution in [1.82, 2.24) is 0 Å². The Hall–Kier alpha value is -1.27. The Balaban J connectivity index is 0.852. The van der Waals surface area contributed by atoms with Crippen molar-refractivity contribution in [2.24, 2.45) is 34.5 Å². The Labute approximate surface area is 328 Å². The quantitative estimate of drug-likeness (QED) is 0.162. The molecule has 4 aliphatic heterocycles. The summed E-state index contributed by atoms with van der Waals surface area (Å²) < 4.78 is 66.8. The van der Waals surface area contributed by atoms with Gasteiger partial charge in [-0.25, -0.2) is 4.79 Å². The number of fused-ring (bicyclic) bond motifs is 5. The van der Waals surface area contributed by atoms with Crippen LogP contribution in [0.15, 0.2) is 11.6 Å². The predicted molar refractivity (Wildman–Crippen MR) is 193 cm³/mol. The van der Waals surface area contributed by atoms with Crippen LogP contribution in [0.4, 0.5) is 0 Å². The summed E-state index contributed by atoms with van der Waals surface area (Å²) in [5.41, 5.74) is -2.69. The van der Waals surface area contributed by atoms with Crippen molar-refractivity contribution in [3.63, 3.8) is 0 Å². The van der Waals surface area contributed by atoms with Crippen LogP contribution in [-0.4, -0.2) is 135 Å². The molecule has 0 aromatic carbocycles. The van der Waals surface area contributed by atoms with Gasteiger partial charge >= 0.3 is 5.97 Å². The van der Waals surface area contributed by atoms with E-state index in [2.05, 4.69) is 6.92 Å². The van der Waals surface area contributed by atoms with Gasteiger partial charge in [-0.1, -0.05) is 13.8 Å². The Morgan fingerprint density at radius 2 is 1.35 bits per heavy atom. The second-order valence-corrected chi connectivity index (χ2v) is 18.5. The van der Waals surface area contributed by atoms with Crippen molar-refractivity contribution in [3.05, 3.63) is 11.6 Å². The fourth-order valence-electron chi connectivity index (χ4n) is 12.5. The minimum atomic E-state index is -2.45. The van der Waals surface area contributed by atoms with E-state index in [-0.39, 0.29) is 54.1 Å². The van der Waals surface area contributed by atoms with Gasteiger partial charge in [0.2, 0.25) is 0 Å². The number of rotatable bonds is 7.